The first-order valence-electron chi connectivity index (χ1n) is 13.3. The minimum Gasteiger partial charge on any atom is -0.396 e. The first-order chi connectivity index (χ1) is 18.8. The fourth-order valence-electron chi connectivity index (χ4n) is 5.58. The van der Waals surface area contributed by atoms with Gasteiger partial charge >= 0.3 is 0 Å². The van der Waals surface area contributed by atoms with Crippen LogP contribution in [-0.2, 0) is 0 Å². The topological polar surface area (TPSA) is 118 Å². The number of hydrogen-bond acceptors (Lipinski definition) is 7. The zero-order chi connectivity index (χ0) is 27.8. The molecule has 0 radical (unpaired) electrons. The molecule has 9 nitrogen and oxygen atoms in total. The van der Waals surface area contributed by atoms with Crippen molar-refractivity contribution in [2.75, 3.05) is 42.6 Å². The molecule has 5 rings (SSSR count). The lowest BCUT2D eigenvalue weighted by molar-refractivity contribution is 0.0606. The third-order valence-electron chi connectivity index (χ3n) is 7.56. The van der Waals surface area contributed by atoms with Gasteiger partial charge in [0.05, 0.1) is 12.3 Å². The maximum atomic E-state index is 13.8. The number of imide groups is 2. The number of carbonyl (C=O) groups excluding carboxylic acids is 4. The molecule has 3 aromatic rings. The van der Waals surface area contributed by atoms with Gasteiger partial charge in [-0.15, -0.1) is 0 Å². The second kappa shape index (κ2) is 10.6. The molecule has 0 aliphatic carbocycles. The van der Waals surface area contributed by atoms with Crippen LogP contribution in [0.1, 0.15) is 73.2 Å². The van der Waals surface area contributed by atoms with Crippen LogP contribution in [0.15, 0.2) is 42.5 Å². The predicted octanol–water partition coefficient (Wildman–Crippen LogP) is 3.53. The Morgan fingerprint density at radius 3 is 1.77 bits per heavy atom. The van der Waals surface area contributed by atoms with Crippen molar-refractivity contribution in [2.45, 2.75) is 33.1 Å². The van der Waals surface area contributed by atoms with Gasteiger partial charge in [0.15, 0.2) is 0 Å². The maximum Gasteiger partial charge on any atom is 0.265 e. The smallest absolute Gasteiger partial charge is 0.265 e. The molecule has 0 fully saturated rings. The Morgan fingerprint density at radius 1 is 0.718 bits per heavy atom. The second-order valence-corrected chi connectivity index (χ2v) is 9.84. The zero-order valence-corrected chi connectivity index (χ0v) is 22.1. The summed E-state index contributed by atoms with van der Waals surface area (Å²) in [6, 6.07) is 11.7. The van der Waals surface area contributed by atoms with E-state index in [1.54, 1.807) is 30.3 Å². The number of likely N-dealkylation sites (N-methyl/N-ethyl adjacent to an activating group) is 1. The van der Waals surface area contributed by atoms with Crippen molar-refractivity contribution < 1.29 is 29.4 Å². The number of amides is 4. The lowest BCUT2D eigenvalue weighted by Crippen LogP contribution is -2.43. The molecule has 2 aliphatic heterocycles. The van der Waals surface area contributed by atoms with Crippen molar-refractivity contribution in [3.8, 4) is 0 Å². The molecule has 2 N–H and O–H groups in total. The molecule has 0 saturated heterocycles. The van der Waals surface area contributed by atoms with Crippen molar-refractivity contribution in [3.05, 3.63) is 70.3 Å². The summed E-state index contributed by atoms with van der Waals surface area (Å²) < 4.78 is 0. The second-order valence-electron chi connectivity index (χ2n) is 9.84. The Labute approximate surface area is 226 Å². The number of aliphatic hydroxyl groups is 2. The van der Waals surface area contributed by atoms with Crippen LogP contribution in [0.2, 0.25) is 0 Å². The van der Waals surface area contributed by atoms with Crippen LogP contribution in [-0.4, -0.2) is 71.6 Å². The van der Waals surface area contributed by atoms with E-state index in [2.05, 4.69) is 0 Å². The van der Waals surface area contributed by atoms with Gasteiger partial charge in [-0.05, 0) is 81.1 Å². The predicted molar refractivity (Wildman–Crippen MR) is 148 cm³/mol. The highest BCUT2D eigenvalue weighted by Gasteiger charge is 2.40. The van der Waals surface area contributed by atoms with E-state index in [9.17, 15) is 24.3 Å². The fourth-order valence-corrected chi connectivity index (χ4v) is 5.58. The number of carbonyl (C=O) groups is 4. The molecule has 2 aliphatic rings. The summed E-state index contributed by atoms with van der Waals surface area (Å²) >= 11 is 0. The molecule has 3 aromatic carbocycles. The summed E-state index contributed by atoms with van der Waals surface area (Å²) in [6.07, 6.45) is 1.86. The van der Waals surface area contributed by atoms with Crippen molar-refractivity contribution in [2.24, 2.45) is 0 Å². The number of hydrogen-bond donors (Lipinski definition) is 2. The van der Waals surface area contributed by atoms with Gasteiger partial charge < -0.3 is 15.1 Å². The van der Waals surface area contributed by atoms with E-state index in [1.807, 2.05) is 30.9 Å². The van der Waals surface area contributed by atoms with E-state index in [1.165, 1.54) is 4.90 Å². The SMILES string of the molecule is CCN(CCO)c1ccc(N2C(=O)c3ccc4c5c(ccc(c35)C2=O)C(=O)N(CCCCCO)C4=O)c(C)c1. The maximum absolute atomic E-state index is 13.8. The molecule has 2 heterocycles. The van der Waals surface area contributed by atoms with Gasteiger partial charge in [0.2, 0.25) is 0 Å². The molecule has 0 atom stereocenters. The third-order valence-corrected chi connectivity index (χ3v) is 7.56. The molecule has 39 heavy (non-hydrogen) atoms. The molecule has 9 heteroatoms. The number of nitrogens with zero attached hydrogens (tertiary/aromatic N) is 3. The van der Waals surface area contributed by atoms with Crippen molar-refractivity contribution >= 4 is 45.8 Å². The zero-order valence-electron chi connectivity index (χ0n) is 22.1. The van der Waals surface area contributed by atoms with Gasteiger partial charge in [-0.3, -0.25) is 24.1 Å². The Morgan fingerprint density at radius 2 is 1.28 bits per heavy atom. The molecule has 0 spiro atoms. The lowest BCUT2D eigenvalue weighted by Gasteiger charge is -2.32. The molecule has 202 valence electrons. The first-order valence-corrected chi connectivity index (χ1v) is 13.3. The quantitative estimate of drug-likeness (QED) is 0.305. The van der Waals surface area contributed by atoms with Crippen LogP contribution in [0.5, 0.6) is 0 Å². The number of aryl methyl sites for hydroxylation is 1. The van der Waals surface area contributed by atoms with E-state index in [-0.39, 0.29) is 30.9 Å². The van der Waals surface area contributed by atoms with E-state index < -0.39 is 23.6 Å². The highest BCUT2D eigenvalue weighted by molar-refractivity contribution is 6.39. The molecule has 4 amide bonds. The summed E-state index contributed by atoms with van der Waals surface area (Å²) in [7, 11) is 0. The van der Waals surface area contributed by atoms with Crippen LogP contribution in [0.3, 0.4) is 0 Å². The van der Waals surface area contributed by atoms with Gasteiger partial charge in [-0.25, -0.2) is 4.90 Å². The minimum atomic E-state index is -0.513. The highest BCUT2D eigenvalue weighted by atomic mass is 16.3. The van der Waals surface area contributed by atoms with Gasteiger partial charge in [-0.2, -0.15) is 0 Å². The van der Waals surface area contributed by atoms with Crippen LogP contribution >= 0.6 is 0 Å². The summed E-state index contributed by atoms with van der Waals surface area (Å²) in [5.41, 5.74) is 3.18. The van der Waals surface area contributed by atoms with Crippen molar-refractivity contribution in [3.63, 3.8) is 0 Å². The molecule has 0 aromatic heterocycles. The fraction of sp³-hybridized carbons (Fsp3) is 0.333. The molecule has 0 unspecified atom stereocenters. The number of aliphatic hydroxyl groups excluding tert-OH is 2. The van der Waals surface area contributed by atoms with E-state index in [4.69, 9.17) is 5.11 Å². The lowest BCUT2D eigenvalue weighted by atomic mass is 9.85. The van der Waals surface area contributed by atoms with Crippen LogP contribution in [0.25, 0.3) is 10.8 Å². The number of benzene rings is 3. The Hall–Kier alpha value is -4.08. The van der Waals surface area contributed by atoms with Gasteiger partial charge in [0.25, 0.3) is 23.6 Å². The summed E-state index contributed by atoms with van der Waals surface area (Å²) in [4.78, 5) is 58.5. The summed E-state index contributed by atoms with van der Waals surface area (Å²) in [6.45, 7) is 5.27. The molecular weight excluding hydrogens is 498 g/mol. The average Bonchev–Trinajstić information content (AvgIpc) is 2.93. The number of anilines is 2. The number of rotatable bonds is 10. The van der Waals surface area contributed by atoms with Crippen LogP contribution in [0.4, 0.5) is 11.4 Å². The van der Waals surface area contributed by atoms with Gasteiger partial charge in [0.1, 0.15) is 0 Å². The normalized spacial score (nSPS) is 14.6. The largest absolute Gasteiger partial charge is 0.396 e. The summed E-state index contributed by atoms with van der Waals surface area (Å²) in [5, 5.41) is 19.1. The Kier molecular flexibility index (Phi) is 7.20. The molecule has 0 saturated carbocycles. The van der Waals surface area contributed by atoms with Crippen LogP contribution in [0, 0.1) is 6.92 Å². The average molecular weight is 530 g/mol. The first kappa shape index (κ1) is 26.5. The number of unbranched alkanes of at least 4 members (excludes halogenated alkanes) is 2. The third kappa shape index (κ3) is 4.27. The molecular formula is C30H31N3O6. The van der Waals surface area contributed by atoms with Crippen molar-refractivity contribution in [1.82, 2.24) is 4.90 Å². The van der Waals surface area contributed by atoms with E-state index in [0.29, 0.717) is 59.9 Å². The van der Waals surface area contributed by atoms with Gasteiger partial charge in [-0.1, -0.05) is 0 Å². The Bertz CT molecular complexity index is 1440. The molecule has 0 bridgehead atoms. The van der Waals surface area contributed by atoms with Crippen molar-refractivity contribution in [1.29, 1.82) is 0 Å². The van der Waals surface area contributed by atoms with E-state index >= 15 is 0 Å². The van der Waals surface area contributed by atoms with E-state index in [0.717, 1.165) is 16.2 Å². The Balaban J connectivity index is 1.55. The minimum absolute atomic E-state index is 0.00891. The van der Waals surface area contributed by atoms with Gasteiger partial charge in [0, 0.05) is 65.0 Å². The summed E-state index contributed by atoms with van der Waals surface area (Å²) in [5.74, 6) is -1.92. The monoisotopic (exact) mass is 529 g/mol. The van der Waals surface area contributed by atoms with Crippen LogP contribution < -0.4 is 9.80 Å². The standard InChI is InChI=1S/C30H31N3O6/c1-3-31(14-16-35)19-7-12-24(18(2)17-19)33-29(38)22-10-8-20-25-21(9-11-23(26(22)25)30(33)39)28(37)32(27(20)36)13-5-4-6-15-34/h7-12,17,34-35H,3-6,13-16H2,1-2H3. The highest BCUT2D eigenvalue weighted by Crippen LogP contribution is 2.40.